The molecule has 0 bridgehead atoms. The number of halogens is 1. The maximum Gasteiger partial charge on any atom is 0.276 e. The highest BCUT2D eigenvalue weighted by atomic mass is 35.5. The Morgan fingerprint density at radius 2 is 1.97 bits per heavy atom. The quantitative estimate of drug-likeness (QED) is 0.700. The topological polar surface area (TPSA) is 80.1 Å². The first-order valence-corrected chi connectivity index (χ1v) is 10.6. The van der Waals surface area contributed by atoms with Gasteiger partial charge in [-0.2, -0.15) is 9.90 Å². The van der Waals surface area contributed by atoms with Gasteiger partial charge in [0.05, 0.1) is 11.4 Å². The third-order valence-corrected chi connectivity index (χ3v) is 5.49. The van der Waals surface area contributed by atoms with Crippen molar-refractivity contribution >= 4 is 23.4 Å². The van der Waals surface area contributed by atoms with Gasteiger partial charge in [0.1, 0.15) is 0 Å². The number of nitrogens with zero attached hydrogens (tertiary/aromatic N) is 4. The van der Waals surface area contributed by atoms with Gasteiger partial charge in [0.25, 0.3) is 5.91 Å². The molecule has 2 amide bonds. The van der Waals surface area contributed by atoms with Crippen molar-refractivity contribution in [2.75, 3.05) is 19.6 Å². The molecule has 0 atom stereocenters. The molecule has 1 N–H and O–H groups in total. The maximum atomic E-state index is 12.9. The fraction of sp³-hybridized carbons (Fsp3) is 0.524. The van der Waals surface area contributed by atoms with Gasteiger partial charge in [-0.05, 0) is 44.4 Å². The molecule has 8 heteroatoms. The predicted octanol–water partition coefficient (Wildman–Crippen LogP) is 3.39. The Hall–Kier alpha value is -2.41. The number of rotatable bonds is 7. The lowest BCUT2D eigenvalue weighted by molar-refractivity contribution is -0.126. The van der Waals surface area contributed by atoms with Crippen LogP contribution in [-0.4, -0.2) is 51.3 Å². The summed E-state index contributed by atoms with van der Waals surface area (Å²) in [7, 11) is 0. The number of likely N-dealkylation sites (tertiary alicyclic amines) is 1. The van der Waals surface area contributed by atoms with E-state index in [1.165, 1.54) is 4.80 Å². The number of carbonyl (C=O) groups excluding carboxylic acids is 2. The lowest BCUT2D eigenvalue weighted by Crippen LogP contribution is -2.43. The molecule has 1 aromatic heterocycles. The van der Waals surface area contributed by atoms with Crippen molar-refractivity contribution in [3.63, 3.8) is 0 Å². The standard InChI is InChI=1S/C21H28ClN5O2/c1-3-4-5-11-23-20(28)16-9-12-26(13-10-16)21(29)19-15(2)24-27(25-19)18-8-6-7-17(22)14-18/h6-8,14,16H,3-5,9-13H2,1-2H3,(H,23,28). The van der Waals surface area contributed by atoms with Gasteiger partial charge in [-0.1, -0.05) is 37.4 Å². The van der Waals surface area contributed by atoms with Crippen LogP contribution in [0.15, 0.2) is 24.3 Å². The molecule has 1 aromatic carbocycles. The van der Waals surface area contributed by atoms with Gasteiger partial charge in [-0.3, -0.25) is 9.59 Å². The Balaban J connectivity index is 1.58. The summed E-state index contributed by atoms with van der Waals surface area (Å²) >= 11 is 6.04. The van der Waals surface area contributed by atoms with Crippen molar-refractivity contribution in [3.8, 4) is 5.69 Å². The summed E-state index contributed by atoms with van der Waals surface area (Å²) in [5.41, 5.74) is 1.62. The van der Waals surface area contributed by atoms with Crippen molar-refractivity contribution in [1.82, 2.24) is 25.2 Å². The van der Waals surface area contributed by atoms with Crippen molar-refractivity contribution in [3.05, 3.63) is 40.7 Å². The second kappa shape index (κ2) is 9.87. The van der Waals surface area contributed by atoms with Gasteiger partial charge in [0.15, 0.2) is 5.69 Å². The van der Waals surface area contributed by atoms with Crippen LogP contribution in [0.25, 0.3) is 5.69 Å². The van der Waals surface area contributed by atoms with E-state index in [-0.39, 0.29) is 17.7 Å². The molecule has 2 aromatic rings. The van der Waals surface area contributed by atoms with Gasteiger partial charge in [-0.25, -0.2) is 0 Å². The SMILES string of the molecule is CCCCCNC(=O)C1CCN(C(=O)c2nn(-c3cccc(Cl)c3)nc2C)CC1. The van der Waals surface area contributed by atoms with E-state index in [0.29, 0.717) is 48.0 Å². The van der Waals surface area contributed by atoms with E-state index in [0.717, 1.165) is 25.8 Å². The van der Waals surface area contributed by atoms with Gasteiger partial charge in [-0.15, -0.1) is 5.10 Å². The van der Waals surface area contributed by atoms with Gasteiger partial charge in [0, 0.05) is 30.6 Å². The van der Waals surface area contributed by atoms with E-state index < -0.39 is 0 Å². The number of hydrogen-bond acceptors (Lipinski definition) is 4. The number of benzene rings is 1. The van der Waals surface area contributed by atoms with Crippen LogP contribution in [0.1, 0.15) is 55.2 Å². The van der Waals surface area contributed by atoms with Gasteiger partial charge in [0.2, 0.25) is 5.91 Å². The first kappa shape index (κ1) is 21.3. The molecule has 0 radical (unpaired) electrons. The molecule has 1 saturated heterocycles. The van der Waals surface area contributed by atoms with Crippen molar-refractivity contribution in [2.45, 2.75) is 46.0 Å². The molecule has 0 aliphatic carbocycles. The second-order valence-corrected chi connectivity index (χ2v) is 7.90. The molecule has 0 spiro atoms. The number of piperidine rings is 1. The van der Waals surface area contributed by atoms with E-state index in [2.05, 4.69) is 22.4 Å². The summed E-state index contributed by atoms with van der Waals surface area (Å²) in [5, 5.41) is 12.4. The molecule has 156 valence electrons. The third-order valence-electron chi connectivity index (χ3n) is 5.26. The molecule has 0 unspecified atom stereocenters. The minimum atomic E-state index is -0.141. The molecule has 7 nitrogen and oxygen atoms in total. The van der Waals surface area contributed by atoms with Gasteiger partial charge >= 0.3 is 0 Å². The fourth-order valence-electron chi connectivity index (χ4n) is 3.52. The molecule has 1 aliphatic heterocycles. The number of unbranched alkanes of at least 4 members (excludes halogenated alkanes) is 2. The predicted molar refractivity (Wildman–Crippen MR) is 112 cm³/mol. The highest BCUT2D eigenvalue weighted by Crippen LogP contribution is 2.20. The Kier molecular flexibility index (Phi) is 7.25. The summed E-state index contributed by atoms with van der Waals surface area (Å²) in [6.07, 6.45) is 4.63. The fourth-order valence-corrected chi connectivity index (χ4v) is 3.70. The number of aryl methyl sites for hydroxylation is 1. The number of aromatic nitrogens is 3. The second-order valence-electron chi connectivity index (χ2n) is 7.47. The van der Waals surface area contributed by atoms with E-state index in [1.54, 1.807) is 24.0 Å². The first-order valence-electron chi connectivity index (χ1n) is 10.3. The zero-order valence-corrected chi connectivity index (χ0v) is 17.8. The zero-order chi connectivity index (χ0) is 20.8. The minimum absolute atomic E-state index is 0.0242. The first-order chi connectivity index (χ1) is 14.0. The van der Waals surface area contributed by atoms with Crippen LogP contribution in [0.3, 0.4) is 0 Å². The average Bonchev–Trinajstić information content (AvgIpc) is 3.12. The molecular formula is C21H28ClN5O2. The van der Waals surface area contributed by atoms with Crippen molar-refractivity contribution in [1.29, 1.82) is 0 Å². The number of hydrogen-bond donors (Lipinski definition) is 1. The lowest BCUT2D eigenvalue weighted by atomic mass is 9.95. The summed E-state index contributed by atoms with van der Waals surface area (Å²) in [6, 6.07) is 7.18. The van der Waals surface area contributed by atoms with Crippen molar-refractivity contribution < 1.29 is 9.59 Å². The zero-order valence-electron chi connectivity index (χ0n) is 17.0. The highest BCUT2D eigenvalue weighted by molar-refractivity contribution is 6.30. The number of nitrogens with one attached hydrogen (secondary N) is 1. The number of amides is 2. The highest BCUT2D eigenvalue weighted by Gasteiger charge is 2.29. The molecular weight excluding hydrogens is 390 g/mol. The summed E-state index contributed by atoms with van der Waals surface area (Å²) in [6.45, 7) is 5.75. The third kappa shape index (κ3) is 5.35. The molecule has 1 fully saturated rings. The van der Waals surface area contributed by atoms with Crippen molar-refractivity contribution in [2.24, 2.45) is 5.92 Å². The average molecular weight is 418 g/mol. The summed E-state index contributed by atoms with van der Waals surface area (Å²) < 4.78 is 0. The van der Waals surface area contributed by atoms with Crippen LogP contribution in [0.5, 0.6) is 0 Å². The monoisotopic (exact) mass is 417 g/mol. The maximum absolute atomic E-state index is 12.9. The Bertz CT molecular complexity index is 859. The molecule has 2 heterocycles. The smallest absolute Gasteiger partial charge is 0.276 e. The molecule has 3 rings (SSSR count). The van der Waals surface area contributed by atoms with Crippen LogP contribution >= 0.6 is 11.6 Å². The number of carbonyl (C=O) groups is 2. The largest absolute Gasteiger partial charge is 0.356 e. The normalized spacial score (nSPS) is 14.8. The van der Waals surface area contributed by atoms with Crippen LogP contribution < -0.4 is 5.32 Å². The summed E-state index contributed by atoms with van der Waals surface area (Å²) in [4.78, 5) is 28.4. The van der Waals surface area contributed by atoms with E-state index in [4.69, 9.17) is 11.6 Å². The Labute approximate surface area is 176 Å². The van der Waals surface area contributed by atoms with E-state index in [1.807, 2.05) is 12.1 Å². The minimum Gasteiger partial charge on any atom is -0.356 e. The lowest BCUT2D eigenvalue weighted by Gasteiger charge is -2.31. The van der Waals surface area contributed by atoms with E-state index in [9.17, 15) is 9.59 Å². The molecule has 1 aliphatic rings. The summed E-state index contributed by atoms with van der Waals surface area (Å²) in [5.74, 6) is -0.0576. The Morgan fingerprint density at radius 1 is 1.21 bits per heavy atom. The van der Waals surface area contributed by atoms with Crippen LogP contribution in [-0.2, 0) is 4.79 Å². The van der Waals surface area contributed by atoms with E-state index >= 15 is 0 Å². The van der Waals surface area contributed by atoms with Crippen LogP contribution in [0.4, 0.5) is 0 Å². The molecule has 0 saturated carbocycles. The Morgan fingerprint density at radius 3 is 2.66 bits per heavy atom. The molecule has 29 heavy (non-hydrogen) atoms. The van der Waals surface area contributed by atoms with Gasteiger partial charge < -0.3 is 10.2 Å². The van der Waals surface area contributed by atoms with Crippen LogP contribution in [0.2, 0.25) is 5.02 Å². The van der Waals surface area contributed by atoms with Crippen LogP contribution in [0, 0.1) is 12.8 Å².